The number of halogens is 1. The number of rotatable bonds is 1. The molecule has 0 saturated heterocycles. The quantitative estimate of drug-likeness (QED) is 0.683. The summed E-state index contributed by atoms with van der Waals surface area (Å²) in [6.07, 6.45) is 2.68. The molecule has 2 rings (SSSR count). The van der Waals surface area contributed by atoms with Gasteiger partial charge in [0, 0.05) is 4.47 Å². The zero-order valence-corrected chi connectivity index (χ0v) is 9.76. The summed E-state index contributed by atoms with van der Waals surface area (Å²) in [4.78, 5) is 0. The Bertz CT molecular complexity index is 289. The molecule has 0 unspecified atom stereocenters. The maximum absolute atomic E-state index is 3.46. The van der Waals surface area contributed by atoms with E-state index in [2.05, 4.69) is 54.0 Å². The second kappa shape index (κ2) is 3.13. The monoisotopic (exact) mass is 238 g/mol. The lowest BCUT2D eigenvalue weighted by Crippen LogP contribution is -2.29. The Balaban J connectivity index is 2.08. The first-order valence-electron chi connectivity index (χ1n) is 4.82. The molecule has 0 bridgehead atoms. The summed E-state index contributed by atoms with van der Waals surface area (Å²) in [5, 5.41) is 0. The molecule has 1 aromatic carbocycles. The van der Waals surface area contributed by atoms with Crippen molar-refractivity contribution in [1.29, 1.82) is 0 Å². The molecule has 0 amide bonds. The van der Waals surface area contributed by atoms with Crippen LogP contribution in [0.25, 0.3) is 0 Å². The molecule has 0 aliphatic heterocycles. The van der Waals surface area contributed by atoms with Gasteiger partial charge in [0.15, 0.2) is 0 Å². The van der Waals surface area contributed by atoms with Gasteiger partial charge in [0.2, 0.25) is 0 Å². The average Bonchev–Trinajstić information content (AvgIpc) is 2.01. The van der Waals surface area contributed by atoms with Crippen molar-refractivity contribution < 1.29 is 0 Å². The molecule has 70 valence electrons. The lowest BCUT2D eigenvalue weighted by molar-refractivity contribution is 0.151. The molecule has 0 aromatic heterocycles. The van der Waals surface area contributed by atoms with Crippen molar-refractivity contribution in [2.75, 3.05) is 0 Å². The Kier molecular flexibility index (Phi) is 2.23. The lowest BCUT2D eigenvalue weighted by atomic mass is 9.62. The van der Waals surface area contributed by atoms with Gasteiger partial charge in [-0.1, -0.05) is 41.9 Å². The van der Waals surface area contributed by atoms with Crippen LogP contribution >= 0.6 is 15.9 Å². The first kappa shape index (κ1) is 9.26. The highest BCUT2D eigenvalue weighted by Gasteiger charge is 2.36. The maximum Gasteiger partial charge on any atom is 0.0175 e. The van der Waals surface area contributed by atoms with Crippen LogP contribution in [-0.2, 0) is 0 Å². The topological polar surface area (TPSA) is 0 Å². The van der Waals surface area contributed by atoms with E-state index in [0.29, 0.717) is 5.41 Å². The van der Waals surface area contributed by atoms with E-state index < -0.39 is 0 Å². The largest absolute Gasteiger partial charge is 0.0599 e. The van der Waals surface area contributed by atoms with Gasteiger partial charge < -0.3 is 0 Å². The van der Waals surface area contributed by atoms with Crippen molar-refractivity contribution in [2.45, 2.75) is 32.6 Å². The van der Waals surface area contributed by atoms with Crippen LogP contribution in [0.5, 0.6) is 0 Å². The minimum absolute atomic E-state index is 0.581. The Morgan fingerprint density at radius 2 is 1.69 bits per heavy atom. The zero-order valence-electron chi connectivity index (χ0n) is 8.18. The Labute approximate surface area is 88.5 Å². The van der Waals surface area contributed by atoms with Gasteiger partial charge in [0.1, 0.15) is 0 Å². The van der Waals surface area contributed by atoms with E-state index in [1.165, 1.54) is 22.9 Å². The summed E-state index contributed by atoms with van der Waals surface area (Å²) in [6, 6.07) is 8.76. The van der Waals surface area contributed by atoms with Crippen molar-refractivity contribution in [1.82, 2.24) is 0 Å². The fraction of sp³-hybridized carbons (Fsp3) is 0.500. The second-order valence-corrected chi connectivity index (χ2v) is 5.74. The van der Waals surface area contributed by atoms with E-state index in [1.54, 1.807) is 0 Å². The predicted octanol–water partition coefficient (Wildman–Crippen LogP) is 4.35. The van der Waals surface area contributed by atoms with E-state index in [-0.39, 0.29) is 0 Å². The summed E-state index contributed by atoms with van der Waals surface area (Å²) in [7, 11) is 0. The molecule has 1 aromatic rings. The van der Waals surface area contributed by atoms with Gasteiger partial charge in [0.05, 0.1) is 0 Å². The van der Waals surface area contributed by atoms with Crippen LogP contribution < -0.4 is 0 Å². The van der Waals surface area contributed by atoms with Gasteiger partial charge in [0.25, 0.3) is 0 Å². The average molecular weight is 239 g/mol. The molecule has 0 heterocycles. The molecule has 13 heavy (non-hydrogen) atoms. The highest BCUT2D eigenvalue weighted by atomic mass is 79.9. The van der Waals surface area contributed by atoms with Gasteiger partial charge in [-0.2, -0.15) is 0 Å². The standard InChI is InChI=1S/C12H15Br/c1-12(2)7-10(8-12)9-3-5-11(13)6-4-9/h3-6,10H,7-8H2,1-2H3. The predicted molar refractivity (Wildman–Crippen MR) is 59.9 cm³/mol. The van der Waals surface area contributed by atoms with Crippen molar-refractivity contribution in [2.24, 2.45) is 5.41 Å². The summed E-state index contributed by atoms with van der Waals surface area (Å²) in [5.74, 6) is 0.808. The van der Waals surface area contributed by atoms with Crippen LogP contribution in [0.4, 0.5) is 0 Å². The molecule has 1 fully saturated rings. The molecular weight excluding hydrogens is 224 g/mol. The number of hydrogen-bond acceptors (Lipinski definition) is 0. The molecule has 0 atom stereocenters. The number of hydrogen-bond donors (Lipinski definition) is 0. The molecule has 0 N–H and O–H groups in total. The molecule has 1 heteroatoms. The third-order valence-corrected chi connectivity index (χ3v) is 3.47. The SMILES string of the molecule is CC1(C)CC(c2ccc(Br)cc2)C1. The van der Waals surface area contributed by atoms with Crippen LogP contribution in [0.2, 0.25) is 0 Å². The zero-order chi connectivity index (χ0) is 9.47. The van der Waals surface area contributed by atoms with Crippen LogP contribution in [0, 0.1) is 5.41 Å². The first-order chi connectivity index (χ1) is 6.07. The third kappa shape index (κ3) is 1.96. The summed E-state index contributed by atoms with van der Waals surface area (Å²) in [6.45, 7) is 4.70. The van der Waals surface area contributed by atoms with Crippen LogP contribution in [0.15, 0.2) is 28.7 Å². The minimum Gasteiger partial charge on any atom is -0.0599 e. The third-order valence-electron chi connectivity index (χ3n) is 2.94. The lowest BCUT2D eigenvalue weighted by Gasteiger charge is -2.43. The summed E-state index contributed by atoms with van der Waals surface area (Å²) >= 11 is 3.46. The van der Waals surface area contributed by atoms with E-state index in [1.807, 2.05) is 0 Å². The van der Waals surface area contributed by atoms with Crippen LogP contribution in [-0.4, -0.2) is 0 Å². The first-order valence-corrected chi connectivity index (χ1v) is 5.62. The highest BCUT2D eigenvalue weighted by Crippen LogP contribution is 2.50. The van der Waals surface area contributed by atoms with Gasteiger partial charge in [-0.15, -0.1) is 0 Å². The summed E-state index contributed by atoms with van der Waals surface area (Å²) < 4.78 is 1.18. The van der Waals surface area contributed by atoms with Crippen LogP contribution in [0.3, 0.4) is 0 Å². The molecule has 0 nitrogen and oxygen atoms in total. The van der Waals surface area contributed by atoms with Gasteiger partial charge >= 0.3 is 0 Å². The Morgan fingerprint density at radius 3 is 2.15 bits per heavy atom. The molecule has 0 radical (unpaired) electrons. The minimum atomic E-state index is 0.581. The normalized spacial score (nSPS) is 21.2. The fourth-order valence-corrected chi connectivity index (χ4v) is 2.51. The van der Waals surface area contributed by atoms with Crippen molar-refractivity contribution >= 4 is 15.9 Å². The smallest absolute Gasteiger partial charge is 0.0175 e. The molecule has 1 aliphatic rings. The molecule has 1 aliphatic carbocycles. The van der Waals surface area contributed by atoms with Gasteiger partial charge in [-0.3, -0.25) is 0 Å². The van der Waals surface area contributed by atoms with Crippen molar-refractivity contribution in [3.63, 3.8) is 0 Å². The van der Waals surface area contributed by atoms with E-state index in [4.69, 9.17) is 0 Å². The Hall–Kier alpha value is -0.300. The van der Waals surface area contributed by atoms with Crippen molar-refractivity contribution in [3.8, 4) is 0 Å². The van der Waals surface area contributed by atoms with Crippen LogP contribution in [0.1, 0.15) is 38.2 Å². The van der Waals surface area contributed by atoms with Crippen molar-refractivity contribution in [3.05, 3.63) is 34.3 Å². The van der Waals surface area contributed by atoms with E-state index in [0.717, 1.165) is 5.92 Å². The second-order valence-electron chi connectivity index (χ2n) is 4.82. The molecular formula is C12H15Br. The molecule has 0 spiro atoms. The summed E-state index contributed by atoms with van der Waals surface area (Å²) in [5.41, 5.74) is 2.08. The fourth-order valence-electron chi connectivity index (χ4n) is 2.24. The molecule has 1 saturated carbocycles. The van der Waals surface area contributed by atoms with E-state index in [9.17, 15) is 0 Å². The Morgan fingerprint density at radius 1 is 1.15 bits per heavy atom. The van der Waals surface area contributed by atoms with Gasteiger partial charge in [-0.25, -0.2) is 0 Å². The van der Waals surface area contributed by atoms with Gasteiger partial charge in [-0.05, 0) is 41.9 Å². The maximum atomic E-state index is 3.46. The van der Waals surface area contributed by atoms with E-state index >= 15 is 0 Å². The highest BCUT2D eigenvalue weighted by molar-refractivity contribution is 9.10. The number of benzene rings is 1.